The van der Waals surface area contributed by atoms with Gasteiger partial charge in [0.25, 0.3) is 5.91 Å². The normalized spacial score (nSPS) is 10.1. The van der Waals surface area contributed by atoms with Crippen LogP contribution >= 0.6 is 11.6 Å². The molecule has 1 amide bonds. The van der Waals surface area contributed by atoms with Crippen molar-refractivity contribution in [1.82, 2.24) is 4.98 Å². The number of carbonyl (C=O) groups excluding carboxylic acids is 1. The number of amides is 1. The van der Waals surface area contributed by atoms with Gasteiger partial charge < -0.3 is 10.4 Å². The van der Waals surface area contributed by atoms with Gasteiger partial charge in [0.05, 0.1) is 5.02 Å². The van der Waals surface area contributed by atoms with E-state index in [9.17, 15) is 9.90 Å². The summed E-state index contributed by atoms with van der Waals surface area (Å²) < 4.78 is 0. The molecule has 0 unspecified atom stereocenters. The molecule has 92 valence electrons. The molecular weight excluding hydrogens is 252 g/mol. The molecule has 0 aliphatic carbocycles. The standard InChI is InChI=1S/C13H11ClN2O2/c1-8-2-4-10(6-12(8)17)16-13(18)11-5-3-9(14)7-15-11/h2-7,17H,1H3,(H,16,18). The van der Waals surface area contributed by atoms with E-state index in [2.05, 4.69) is 10.3 Å². The van der Waals surface area contributed by atoms with Crippen LogP contribution in [0, 0.1) is 6.92 Å². The van der Waals surface area contributed by atoms with E-state index in [-0.39, 0.29) is 17.4 Å². The van der Waals surface area contributed by atoms with Crippen molar-refractivity contribution in [2.75, 3.05) is 5.32 Å². The molecule has 2 N–H and O–H groups in total. The minimum atomic E-state index is -0.352. The third-order valence-corrected chi connectivity index (χ3v) is 2.65. The van der Waals surface area contributed by atoms with E-state index in [1.165, 1.54) is 18.3 Å². The van der Waals surface area contributed by atoms with Gasteiger partial charge in [-0.25, -0.2) is 4.98 Å². The minimum Gasteiger partial charge on any atom is -0.508 e. The number of halogens is 1. The summed E-state index contributed by atoms with van der Waals surface area (Å²) in [7, 11) is 0. The highest BCUT2D eigenvalue weighted by molar-refractivity contribution is 6.30. The average molecular weight is 263 g/mol. The van der Waals surface area contributed by atoms with Crippen molar-refractivity contribution in [3.8, 4) is 5.75 Å². The Morgan fingerprint density at radius 3 is 2.72 bits per heavy atom. The number of benzene rings is 1. The van der Waals surface area contributed by atoms with Crippen molar-refractivity contribution < 1.29 is 9.90 Å². The molecule has 0 saturated carbocycles. The molecule has 0 spiro atoms. The van der Waals surface area contributed by atoms with Gasteiger partial charge in [0.2, 0.25) is 0 Å². The quantitative estimate of drug-likeness (QED) is 0.875. The first-order chi connectivity index (χ1) is 8.56. The van der Waals surface area contributed by atoms with Gasteiger partial charge in [-0.15, -0.1) is 0 Å². The number of aryl methyl sites for hydroxylation is 1. The summed E-state index contributed by atoms with van der Waals surface area (Å²) in [6.45, 7) is 1.78. The number of hydrogen-bond donors (Lipinski definition) is 2. The number of nitrogens with zero attached hydrogens (tertiary/aromatic N) is 1. The van der Waals surface area contributed by atoms with Gasteiger partial charge in [0.15, 0.2) is 0 Å². The maximum absolute atomic E-state index is 11.8. The number of rotatable bonds is 2. The zero-order valence-electron chi connectivity index (χ0n) is 9.64. The predicted octanol–water partition coefficient (Wildman–Crippen LogP) is 3.00. The van der Waals surface area contributed by atoms with E-state index in [0.717, 1.165) is 5.56 Å². The van der Waals surface area contributed by atoms with Gasteiger partial charge in [-0.05, 0) is 30.7 Å². The van der Waals surface area contributed by atoms with Crippen LogP contribution in [0.4, 0.5) is 5.69 Å². The molecule has 2 aromatic rings. The predicted molar refractivity (Wildman–Crippen MR) is 70.0 cm³/mol. The summed E-state index contributed by atoms with van der Waals surface area (Å²) in [5, 5.41) is 12.6. The second-order valence-corrected chi connectivity index (χ2v) is 4.25. The highest BCUT2D eigenvalue weighted by Gasteiger charge is 2.08. The molecular formula is C13H11ClN2O2. The lowest BCUT2D eigenvalue weighted by Gasteiger charge is -2.06. The smallest absolute Gasteiger partial charge is 0.274 e. The highest BCUT2D eigenvalue weighted by Crippen LogP contribution is 2.21. The molecule has 0 aliphatic rings. The molecule has 0 saturated heterocycles. The zero-order valence-corrected chi connectivity index (χ0v) is 10.4. The Kier molecular flexibility index (Phi) is 3.48. The Morgan fingerprint density at radius 2 is 2.11 bits per heavy atom. The van der Waals surface area contributed by atoms with Crippen molar-refractivity contribution in [3.63, 3.8) is 0 Å². The van der Waals surface area contributed by atoms with Crippen LogP contribution in [0.25, 0.3) is 0 Å². The summed E-state index contributed by atoms with van der Waals surface area (Å²) in [4.78, 5) is 15.7. The lowest BCUT2D eigenvalue weighted by atomic mass is 10.2. The number of hydrogen-bond acceptors (Lipinski definition) is 3. The van der Waals surface area contributed by atoms with Gasteiger partial charge in [0.1, 0.15) is 11.4 Å². The largest absolute Gasteiger partial charge is 0.508 e. The molecule has 1 heterocycles. The summed E-state index contributed by atoms with van der Waals surface area (Å²) in [6, 6.07) is 8.05. The number of carbonyl (C=O) groups is 1. The SMILES string of the molecule is Cc1ccc(NC(=O)c2ccc(Cl)cn2)cc1O. The Labute approximate surface area is 109 Å². The van der Waals surface area contributed by atoms with Gasteiger partial charge in [-0.3, -0.25) is 4.79 Å². The number of aromatic nitrogens is 1. The number of anilines is 1. The molecule has 4 nitrogen and oxygen atoms in total. The van der Waals surface area contributed by atoms with Crippen molar-refractivity contribution in [1.29, 1.82) is 0 Å². The maximum atomic E-state index is 11.8. The molecule has 0 radical (unpaired) electrons. The maximum Gasteiger partial charge on any atom is 0.274 e. The first-order valence-corrected chi connectivity index (χ1v) is 5.66. The van der Waals surface area contributed by atoms with Crippen LogP contribution in [0.3, 0.4) is 0 Å². The summed E-state index contributed by atoms with van der Waals surface area (Å²) >= 11 is 5.69. The fourth-order valence-corrected chi connectivity index (χ4v) is 1.50. The Hall–Kier alpha value is -2.07. The van der Waals surface area contributed by atoms with Crippen LogP contribution < -0.4 is 5.32 Å². The van der Waals surface area contributed by atoms with E-state index >= 15 is 0 Å². The van der Waals surface area contributed by atoms with Crippen LogP contribution in [-0.2, 0) is 0 Å². The van der Waals surface area contributed by atoms with Crippen molar-refractivity contribution >= 4 is 23.2 Å². The van der Waals surface area contributed by atoms with Crippen LogP contribution in [0.1, 0.15) is 16.1 Å². The second kappa shape index (κ2) is 5.06. The summed E-state index contributed by atoms with van der Waals surface area (Å²) in [6.07, 6.45) is 1.41. The minimum absolute atomic E-state index is 0.136. The van der Waals surface area contributed by atoms with Crippen molar-refractivity contribution in [2.45, 2.75) is 6.92 Å². The Balaban J connectivity index is 2.16. The molecule has 18 heavy (non-hydrogen) atoms. The Morgan fingerprint density at radius 1 is 1.33 bits per heavy atom. The van der Waals surface area contributed by atoms with E-state index in [1.807, 2.05) is 0 Å². The third-order valence-electron chi connectivity index (χ3n) is 2.43. The molecule has 5 heteroatoms. The van der Waals surface area contributed by atoms with E-state index < -0.39 is 0 Å². The number of pyridine rings is 1. The summed E-state index contributed by atoms with van der Waals surface area (Å²) in [5.74, 6) is -0.216. The topological polar surface area (TPSA) is 62.2 Å². The molecule has 0 aliphatic heterocycles. The lowest BCUT2D eigenvalue weighted by molar-refractivity contribution is 0.102. The fourth-order valence-electron chi connectivity index (χ4n) is 1.39. The fraction of sp³-hybridized carbons (Fsp3) is 0.0769. The third kappa shape index (κ3) is 2.78. The van der Waals surface area contributed by atoms with Gasteiger partial charge in [0, 0.05) is 18.0 Å². The molecule has 0 atom stereocenters. The van der Waals surface area contributed by atoms with Crippen LogP contribution in [0.2, 0.25) is 5.02 Å². The molecule has 0 bridgehead atoms. The average Bonchev–Trinajstić information content (AvgIpc) is 2.34. The number of aromatic hydroxyl groups is 1. The lowest BCUT2D eigenvalue weighted by Crippen LogP contribution is -2.13. The van der Waals surface area contributed by atoms with Crippen LogP contribution in [-0.4, -0.2) is 16.0 Å². The van der Waals surface area contributed by atoms with E-state index in [1.54, 1.807) is 25.1 Å². The molecule has 2 rings (SSSR count). The number of nitrogens with one attached hydrogen (secondary N) is 1. The molecule has 1 aromatic heterocycles. The van der Waals surface area contributed by atoms with Crippen molar-refractivity contribution in [3.05, 3.63) is 52.8 Å². The second-order valence-electron chi connectivity index (χ2n) is 3.82. The first kappa shape index (κ1) is 12.4. The molecule has 0 fully saturated rings. The number of phenols is 1. The van der Waals surface area contributed by atoms with Crippen LogP contribution in [0.5, 0.6) is 5.75 Å². The monoisotopic (exact) mass is 262 g/mol. The van der Waals surface area contributed by atoms with Gasteiger partial charge in [-0.1, -0.05) is 17.7 Å². The van der Waals surface area contributed by atoms with Gasteiger partial charge in [-0.2, -0.15) is 0 Å². The Bertz CT molecular complexity index is 582. The molecule has 1 aromatic carbocycles. The zero-order chi connectivity index (χ0) is 13.1. The van der Waals surface area contributed by atoms with Gasteiger partial charge >= 0.3 is 0 Å². The summed E-state index contributed by atoms with van der Waals surface area (Å²) in [5.41, 5.74) is 1.52. The van der Waals surface area contributed by atoms with E-state index in [4.69, 9.17) is 11.6 Å². The van der Waals surface area contributed by atoms with Crippen LogP contribution in [0.15, 0.2) is 36.5 Å². The van der Waals surface area contributed by atoms with E-state index in [0.29, 0.717) is 10.7 Å². The highest BCUT2D eigenvalue weighted by atomic mass is 35.5. The van der Waals surface area contributed by atoms with Crippen molar-refractivity contribution in [2.24, 2.45) is 0 Å². The first-order valence-electron chi connectivity index (χ1n) is 5.29. The number of phenolic OH excluding ortho intramolecular Hbond substituents is 1.